The highest BCUT2D eigenvalue weighted by Crippen LogP contribution is 2.25. The van der Waals surface area contributed by atoms with Crippen molar-refractivity contribution in [2.45, 2.75) is 30.6 Å². The van der Waals surface area contributed by atoms with Crippen molar-refractivity contribution >= 4 is 5.82 Å². The molecular weight excluding hydrogens is 290 g/mol. The van der Waals surface area contributed by atoms with E-state index >= 15 is 0 Å². The molecule has 1 saturated heterocycles. The van der Waals surface area contributed by atoms with Crippen LogP contribution in [0.5, 0.6) is 0 Å². The maximum Gasteiger partial charge on any atom is 0.180 e. The van der Waals surface area contributed by atoms with E-state index in [4.69, 9.17) is 14.6 Å². The van der Waals surface area contributed by atoms with Gasteiger partial charge >= 0.3 is 0 Å². The Bertz CT molecular complexity index is 491. The second kappa shape index (κ2) is 6.58. The van der Waals surface area contributed by atoms with Gasteiger partial charge in [-0.15, -0.1) is 0 Å². The van der Waals surface area contributed by atoms with Crippen molar-refractivity contribution in [1.29, 1.82) is 0 Å². The number of ether oxygens (including phenoxy) is 2. The molecule has 7 nitrogen and oxygen atoms in total. The minimum Gasteiger partial charge on any atom is -0.394 e. The Morgan fingerprint density at radius 3 is 2.67 bits per heavy atom. The lowest BCUT2D eigenvalue weighted by molar-refractivity contribution is -0.254. The highest BCUT2D eigenvalue weighted by Gasteiger charge is 2.44. The van der Waals surface area contributed by atoms with Crippen LogP contribution in [-0.4, -0.2) is 64.7 Å². The number of pyridine rings is 1. The van der Waals surface area contributed by atoms with E-state index in [-0.39, 0.29) is 5.82 Å². The zero-order valence-electron chi connectivity index (χ0n) is 11.1. The van der Waals surface area contributed by atoms with Gasteiger partial charge in [0, 0.05) is 13.2 Å². The van der Waals surface area contributed by atoms with Crippen molar-refractivity contribution in [1.82, 2.24) is 4.98 Å². The predicted octanol–water partition coefficient (Wildman–Crippen LogP) is -0.774. The lowest BCUT2D eigenvalue weighted by Gasteiger charge is -2.41. The van der Waals surface area contributed by atoms with E-state index in [2.05, 4.69) is 10.3 Å². The summed E-state index contributed by atoms with van der Waals surface area (Å²) in [6.07, 6.45) is -4.11. The van der Waals surface area contributed by atoms with Crippen LogP contribution in [0.15, 0.2) is 12.3 Å². The second-order valence-corrected chi connectivity index (χ2v) is 4.60. The molecule has 2 rings (SSSR count). The number of aliphatic hydroxyl groups excluding tert-OH is 3. The highest BCUT2D eigenvalue weighted by atomic mass is 19.1. The summed E-state index contributed by atoms with van der Waals surface area (Å²) in [5, 5.41) is 31.4. The Morgan fingerprint density at radius 2 is 2.10 bits per heavy atom. The maximum atomic E-state index is 13.6. The monoisotopic (exact) mass is 306 g/mol. The Morgan fingerprint density at radius 1 is 1.38 bits per heavy atom. The molecule has 4 N–H and O–H groups in total. The Kier molecular flexibility index (Phi) is 5.01. The average Bonchev–Trinajstić information content (AvgIpc) is 2.46. The predicted molar refractivity (Wildman–Crippen MR) is 66.3 cm³/mol. The SMILES string of the molecule is CO[C@H]1O[C@H](CO)[C@H](O)[C@H](O)[C@H]1Nc1ncc(F)cc1F. The third kappa shape index (κ3) is 3.27. The summed E-state index contributed by atoms with van der Waals surface area (Å²) in [4.78, 5) is 3.52. The van der Waals surface area contributed by atoms with Crippen LogP contribution in [0, 0.1) is 11.6 Å². The van der Waals surface area contributed by atoms with Crippen molar-refractivity contribution in [2.24, 2.45) is 0 Å². The van der Waals surface area contributed by atoms with Gasteiger partial charge in [0.2, 0.25) is 0 Å². The molecule has 1 aliphatic heterocycles. The van der Waals surface area contributed by atoms with Gasteiger partial charge in [-0.05, 0) is 0 Å². The number of aromatic nitrogens is 1. The van der Waals surface area contributed by atoms with Crippen LogP contribution < -0.4 is 5.32 Å². The lowest BCUT2D eigenvalue weighted by atomic mass is 9.97. The van der Waals surface area contributed by atoms with Crippen LogP contribution in [0.25, 0.3) is 0 Å². The summed E-state index contributed by atoms with van der Waals surface area (Å²) in [6, 6.07) is -0.430. The van der Waals surface area contributed by atoms with Crippen molar-refractivity contribution in [3.8, 4) is 0 Å². The normalized spacial score (nSPS) is 33.0. The summed E-state index contributed by atoms with van der Waals surface area (Å²) < 4.78 is 36.6. The Labute approximate surface area is 119 Å². The van der Waals surface area contributed by atoms with E-state index < -0.39 is 48.9 Å². The fourth-order valence-corrected chi connectivity index (χ4v) is 2.12. The van der Waals surface area contributed by atoms with Crippen LogP contribution in [0.4, 0.5) is 14.6 Å². The first-order valence-electron chi connectivity index (χ1n) is 6.20. The molecule has 0 bridgehead atoms. The van der Waals surface area contributed by atoms with Crippen LogP contribution in [-0.2, 0) is 9.47 Å². The van der Waals surface area contributed by atoms with Gasteiger partial charge in [-0.3, -0.25) is 0 Å². The van der Waals surface area contributed by atoms with E-state index in [9.17, 15) is 19.0 Å². The van der Waals surface area contributed by atoms with Gasteiger partial charge in [0.05, 0.1) is 12.8 Å². The smallest absolute Gasteiger partial charge is 0.180 e. The first kappa shape index (κ1) is 16.0. The number of methoxy groups -OCH3 is 1. The topological polar surface area (TPSA) is 104 Å². The average molecular weight is 306 g/mol. The third-order valence-corrected chi connectivity index (χ3v) is 3.22. The van der Waals surface area contributed by atoms with Crippen LogP contribution in [0.2, 0.25) is 0 Å². The highest BCUT2D eigenvalue weighted by molar-refractivity contribution is 5.38. The molecule has 2 heterocycles. The molecule has 1 aliphatic rings. The molecule has 0 aliphatic carbocycles. The van der Waals surface area contributed by atoms with Crippen LogP contribution in [0.3, 0.4) is 0 Å². The maximum absolute atomic E-state index is 13.6. The fourth-order valence-electron chi connectivity index (χ4n) is 2.12. The van der Waals surface area contributed by atoms with E-state index in [1.165, 1.54) is 7.11 Å². The zero-order valence-corrected chi connectivity index (χ0v) is 11.1. The van der Waals surface area contributed by atoms with Crippen molar-refractivity contribution in [3.63, 3.8) is 0 Å². The van der Waals surface area contributed by atoms with Gasteiger partial charge in [0.15, 0.2) is 17.9 Å². The molecule has 0 radical (unpaired) electrons. The number of hydrogen-bond donors (Lipinski definition) is 4. The largest absolute Gasteiger partial charge is 0.394 e. The molecule has 0 amide bonds. The number of rotatable bonds is 4. The molecule has 118 valence electrons. The minimum absolute atomic E-state index is 0.319. The number of hydrogen-bond acceptors (Lipinski definition) is 7. The first-order valence-corrected chi connectivity index (χ1v) is 6.20. The van der Waals surface area contributed by atoms with Gasteiger partial charge in [0.25, 0.3) is 0 Å². The molecule has 0 spiro atoms. The fraction of sp³-hybridized carbons (Fsp3) is 0.583. The van der Waals surface area contributed by atoms with Crippen molar-refractivity contribution < 1.29 is 33.6 Å². The van der Waals surface area contributed by atoms with Crippen LogP contribution in [0.1, 0.15) is 0 Å². The summed E-state index contributed by atoms with van der Waals surface area (Å²) in [5.41, 5.74) is 0. The quantitative estimate of drug-likeness (QED) is 0.579. The van der Waals surface area contributed by atoms with E-state index in [0.717, 1.165) is 6.20 Å². The third-order valence-electron chi connectivity index (χ3n) is 3.22. The zero-order chi connectivity index (χ0) is 15.6. The van der Waals surface area contributed by atoms with Crippen molar-refractivity contribution in [3.05, 3.63) is 23.9 Å². The van der Waals surface area contributed by atoms with E-state index in [1.807, 2.05) is 0 Å². The van der Waals surface area contributed by atoms with E-state index in [0.29, 0.717) is 6.07 Å². The molecule has 1 aromatic heterocycles. The molecule has 21 heavy (non-hydrogen) atoms. The molecule has 9 heteroatoms. The summed E-state index contributed by atoms with van der Waals surface area (Å²) in [7, 11) is 1.28. The number of nitrogens with one attached hydrogen (secondary N) is 1. The van der Waals surface area contributed by atoms with Crippen molar-refractivity contribution in [2.75, 3.05) is 19.0 Å². The van der Waals surface area contributed by atoms with Gasteiger partial charge in [-0.25, -0.2) is 13.8 Å². The van der Waals surface area contributed by atoms with Gasteiger partial charge in [0.1, 0.15) is 30.2 Å². The summed E-state index contributed by atoms with van der Waals surface area (Å²) in [6.45, 7) is -0.520. The van der Waals surface area contributed by atoms with Gasteiger partial charge < -0.3 is 30.1 Å². The number of halogens is 2. The molecule has 0 saturated carbocycles. The lowest BCUT2D eigenvalue weighted by Crippen LogP contribution is -2.61. The molecule has 5 atom stereocenters. The van der Waals surface area contributed by atoms with Crippen LogP contribution >= 0.6 is 0 Å². The standard InChI is InChI=1S/C12H16F2N2O5/c1-20-12-8(10(19)9(18)7(4-17)21-12)16-11-6(14)2-5(13)3-15-11/h2-3,7-10,12,17-19H,4H2,1H3,(H,15,16)/t7-,8-,9+,10-,12+/m1/s1. The number of aliphatic hydroxyl groups is 3. The first-order chi connectivity index (χ1) is 9.97. The Hall–Kier alpha value is -1.39. The summed E-state index contributed by atoms with van der Waals surface area (Å²) in [5.74, 6) is -2.13. The van der Waals surface area contributed by atoms with Gasteiger partial charge in [-0.1, -0.05) is 0 Å². The Balaban J connectivity index is 2.20. The molecular formula is C12H16F2N2O5. The second-order valence-electron chi connectivity index (χ2n) is 4.60. The number of anilines is 1. The minimum atomic E-state index is -1.41. The summed E-state index contributed by atoms with van der Waals surface area (Å²) >= 11 is 0. The number of nitrogens with zero attached hydrogens (tertiary/aromatic N) is 1. The molecule has 1 aromatic rings. The molecule has 0 aromatic carbocycles. The molecule has 1 fully saturated rings. The molecule has 0 unspecified atom stereocenters. The van der Waals surface area contributed by atoms with Gasteiger partial charge in [-0.2, -0.15) is 0 Å². The van der Waals surface area contributed by atoms with E-state index in [1.54, 1.807) is 0 Å².